The van der Waals surface area contributed by atoms with Crippen LogP contribution in [0.25, 0.3) is 0 Å². The number of amides is 1. The summed E-state index contributed by atoms with van der Waals surface area (Å²) < 4.78 is 23.5. The van der Waals surface area contributed by atoms with Gasteiger partial charge in [0.25, 0.3) is 5.91 Å². The molecule has 122 valence electrons. The van der Waals surface area contributed by atoms with E-state index >= 15 is 0 Å². The molecule has 2 heterocycles. The van der Waals surface area contributed by atoms with Gasteiger partial charge in [-0.15, -0.1) is 0 Å². The summed E-state index contributed by atoms with van der Waals surface area (Å²) in [5.74, 6) is -0.259. The van der Waals surface area contributed by atoms with Gasteiger partial charge < -0.3 is 19.2 Å². The molecule has 1 aliphatic rings. The monoisotopic (exact) mass is 340 g/mol. The number of benzene rings is 1. The number of ether oxygens (including phenoxy) is 1. The Bertz CT molecular complexity index is 721. The quantitative estimate of drug-likeness (QED) is 0.924. The minimum absolute atomic E-state index is 0.0404. The number of hydrogen-bond donors (Lipinski definition) is 1. The van der Waals surface area contributed by atoms with Crippen LogP contribution in [0.1, 0.15) is 22.8 Å². The van der Waals surface area contributed by atoms with E-state index < -0.39 is 11.9 Å². The van der Waals surface area contributed by atoms with Gasteiger partial charge in [0.15, 0.2) is 12.3 Å². The van der Waals surface area contributed by atoms with E-state index in [9.17, 15) is 14.3 Å². The average molecular weight is 341 g/mol. The smallest absolute Gasteiger partial charge is 0.275 e. The number of rotatable bonds is 4. The van der Waals surface area contributed by atoms with E-state index in [1.165, 1.54) is 23.3 Å². The highest BCUT2D eigenvalue weighted by Crippen LogP contribution is 2.25. The van der Waals surface area contributed by atoms with Crippen molar-refractivity contribution < 1.29 is 23.4 Å². The number of carbonyl (C=O) groups is 1. The van der Waals surface area contributed by atoms with Crippen LogP contribution in [0.15, 0.2) is 28.9 Å². The number of aromatic nitrogens is 1. The van der Waals surface area contributed by atoms with Gasteiger partial charge in [0, 0.05) is 13.1 Å². The lowest BCUT2D eigenvalue weighted by Crippen LogP contribution is -2.29. The predicted octanol–water partition coefficient (Wildman–Crippen LogP) is 2.25. The van der Waals surface area contributed by atoms with Crippen molar-refractivity contribution in [1.82, 2.24) is 9.88 Å². The second-order valence-corrected chi connectivity index (χ2v) is 5.59. The Labute approximate surface area is 136 Å². The van der Waals surface area contributed by atoms with Gasteiger partial charge in [-0.25, -0.2) is 9.37 Å². The van der Waals surface area contributed by atoms with Gasteiger partial charge in [0.1, 0.15) is 17.8 Å². The van der Waals surface area contributed by atoms with Crippen molar-refractivity contribution in [3.05, 3.63) is 46.9 Å². The zero-order valence-electron chi connectivity index (χ0n) is 12.0. The Kier molecular flexibility index (Phi) is 4.49. The Balaban J connectivity index is 1.62. The summed E-state index contributed by atoms with van der Waals surface area (Å²) in [4.78, 5) is 17.7. The third-order valence-electron chi connectivity index (χ3n) is 3.47. The molecule has 3 rings (SSSR count). The summed E-state index contributed by atoms with van der Waals surface area (Å²) in [6, 6.07) is 3.77. The maximum Gasteiger partial charge on any atom is 0.275 e. The number of β-amino-alcohol motifs (C(OH)–C–C–N with tert-alkyl or cyclic N) is 1. The molecule has 0 spiro atoms. The summed E-state index contributed by atoms with van der Waals surface area (Å²) in [5, 5.41) is 9.60. The number of aliphatic hydroxyl groups excluding tert-OH is 1. The minimum Gasteiger partial charge on any atom is -0.482 e. The molecule has 0 aliphatic carbocycles. The van der Waals surface area contributed by atoms with E-state index in [-0.39, 0.29) is 29.1 Å². The van der Waals surface area contributed by atoms with Crippen LogP contribution >= 0.6 is 11.6 Å². The molecule has 1 aliphatic heterocycles. The molecule has 1 amide bonds. The van der Waals surface area contributed by atoms with Crippen molar-refractivity contribution in [2.75, 3.05) is 13.1 Å². The number of oxazole rings is 1. The van der Waals surface area contributed by atoms with Gasteiger partial charge >= 0.3 is 0 Å². The van der Waals surface area contributed by atoms with Gasteiger partial charge in [-0.3, -0.25) is 4.79 Å². The van der Waals surface area contributed by atoms with Crippen LogP contribution in [-0.2, 0) is 6.61 Å². The molecule has 8 heteroatoms. The number of carbonyl (C=O) groups excluding carboxylic acids is 1. The van der Waals surface area contributed by atoms with Gasteiger partial charge in [-0.1, -0.05) is 11.6 Å². The molecule has 1 saturated heterocycles. The van der Waals surface area contributed by atoms with Crippen molar-refractivity contribution >= 4 is 17.5 Å². The van der Waals surface area contributed by atoms with Crippen molar-refractivity contribution in [2.24, 2.45) is 0 Å². The Morgan fingerprint density at radius 2 is 2.39 bits per heavy atom. The van der Waals surface area contributed by atoms with Crippen molar-refractivity contribution in [3.8, 4) is 5.75 Å². The summed E-state index contributed by atoms with van der Waals surface area (Å²) >= 11 is 5.85. The van der Waals surface area contributed by atoms with Crippen LogP contribution in [0.2, 0.25) is 5.02 Å². The van der Waals surface area contributed by atoms with Gasteiger partial charge in [0.05, 0.1) is 11.1 Å². The van der Waals surface area contributed by atoms with E-state index in [1.54, 1.807) is 0 Å². The second-order valence-electron chi connectivity index (χ2n) is 5.18. The number of likely N-dealkylation sites (tertiary alicyclic amines) is 1. The third kappa shape index (κ3) is 3.62. The molecule has 23 heavy (non-hydrogen) atoms. The van der Waals surface area contributed by atoms with Crippen LogP contribution in [0.5, 0.6) is 5.75 Å². The first-order valence-electron chi connectivity index (χ1n) is 7.02. The minimum atomic E-state index is -0.491. The first-order valence-corrected chi connectivity index (χ1v) is 7.40. The molecule has 1 aromatic heterocycles. The average Bonchev–Trinajstić information content (AvgIpc) is 3.15. The SMILES string of the molecule is O=C(c1coc(COc2ccc(F)cc2Cl)n1)N1CC[C@H](O)C1. The molecule has 1 N–H and O–H groups in total. The standard InChI is InChI=1S/C15H14ClFN2O4/c16-11-5-9(17)1-2-13(11)22-8-14-18-12(7-23-14)15(21)19-4-3-10(20)6-19/h1-2,5,7,10,20H,3-4,6,8H2/t10-/m0/s1. The molecule has 0 unspecified atom stereocenters. The largest absolute Gasteiger partial charge is 0.482 e. The van der Waals surface area contributed by atoms with E-state index in [0.717, 1.165) is 6.07 Å². The molecule has 1 atom stereocenters. The number of hydrogen-bond acceptors (Lipinski definition) is 5. The van der Waals surface area contributed by atoms with Crippen LogP contribution < -0.4 is 4.74 Å². The van der Waals surface area contributed by atoms with E-state index in [1.807, 2.05) is 0 Å². The van der Waals surface area contributed by atoms with E-state index in [2.05, 4.69) is 4.98 Å². The highest BCUT2D eigenvalue weighted by molar-refractivity contribution is 6.32. The summed E-state index contributed by atoms with van der Waals surface area (Å²) in [6.07, 6.45) is 1.31. The summed E-state index contributed by atoms with van der Waals surface area (Å²) in [6.45, 7) is 0.744. The first-order chi connectivity index (χ1) is 11.0. The molecule has 6 nitrogen and oxygen atoms in total. The molecular weight excluding hydrogens is 327 g/mol. The number of nitrogens with zero attached hydrogens (tertiary/aromatic N) is 2. The van der Waals surface area contributed by atoms with Gasteiger partial charge in [-0.2, -0.15) is 0 Å². The number of halogens is 2. The topological polar surface area (TPSA) is 75.8 Å². The van der Waals surface area contributed by atoms with E-state index in [4.69, 9.17) is 20.8 Å². The Morgan fingerprint density at radius 1 is 1.57 bits per heavy atom. The van der Waals surface area contributed by atoms with Crippen LogP contribution in [0.4, 0.5) is 4.39 Å². The second kappa shape index (κ2) is 6.55. The highest BCUT2D eigenvalue weighted by atomic mass is 35.5. The first kappa shape index (κ1) is 15.8. The zero-order chi connectivity index (χ0) is 16.4. The fourth-order valence-electron chi connectivity index (χ4n) is 2.30. The molecular formula is C15H14ClFN2O4. The van der Waals surface area contributed by atoms with Crippen LogP contribution in [0, 0.1) is 5.82 Å². The maximum atomic E-state index is 12.9. The fraction of sp³-hybridized carbons (Fsp3) is 0.333. The molecule has 1 fully saturated rings. The molecule has 0 saturated carbocycles. The van der Waals surface area contributed by atoms with Crippen molar-refractivity contribution in [3.63, 3.8) is 0 Å². The van der Waals surface area contributed by atoms with Gasteiger partial charge in [-0.05, 0) is 24.6 Å². The predicted molar refractivity (Wildman–Crippen MR) is 78.8 cm³/mol. The number of aliphatic hydroxyl groups is 1. The highest BCUT2D eigenvalue weighted by Gasteiger charge is 2.27. The zero-order valence-corrected chi connectivity index (χ0v) is 12.8. The van der Waals surface area contributed by atoms with Crippen molar-refractivity contribution in [2.45, 2.75) is 19.1 Å². The molecule has 0 bridgehead atoms. The summed E-state index contributed by atoms with van der Waals surface area (Å²) in [5.41, 5.74) is 0.155. The van der Waals surface area contributed by atoms with E-state index in [0.29, 0.717) is 25.3 Å². The molecule has 1 aromatic carbocycles. The Morgan fingerprint density at radius 3 is 3.09 bits per heavy atom. The third-order valence-corrected chi connectivity index (χ3v) is 3.76. The van der Waals surface area contributed by atoms with Gasteiger partial charge in [0.2, 0.25) is 5.89 Å². The lowest BCUT2D eigenvalue weighted by molar-refractivity contribution is 0.0759. The lowest BCUT2D eigenvalue weighted by atomic mass is 10.3. The normalized spacial score (nSPS) is 17.5. The Hall–Kier alpha value is -2.12. The lowest BCUT2D eigenvalue weighted by Gasteiger charge is -2.12. The van der Waals surface area contributed by atoms with Crippen molar-refractivity contribution in [1.29, 1.82) is 0 Å². The van der Waals surface area contributed by atoms with Crippen LogP contribution in [-0.4, -0.2) is 40.1 Å². The molecule has 2 aromatic rings. The van der Waals surface area contributed by atoms with Crippen LogP contribution in [0.3, 0.4) is 0 Å². The molecule has 0 radical (unpaired) electrons. The summed E-state index contributed by atoms with van der Waals surface area (Å²) in [7, 11) is 0. The maximum absolute atomic E-state index is 12.9. The fourth-order valence-corrected chi connectivity index (χ4v) is 2.52.